The van der Waals surface area contributed by atoms with Crippen molar-refractivity contribution in [1.29, 1.82) is 0 Å². The van der Waals surface area contributed by atoms with Crippen LogP contribution < -0.4 is 21.3 Å². The van der Waals surface area contributed by atoms with Crippen LogP contribution in [0.2, 0.25) is 0 Å². The molecule has 3 saturated carbocycles. The Hall–Kier alpha value is -6.82. The maximum atomic E-state index is 12.4. The van der Waals surface area contributed by atoms with E-state index < -0.39 is 0 Å². The summed E-state index contributed by atoms with van der Waals surface area (Å²) in [5.74, 6) is 2.87. The van der Waals surface area contributed by atoms with E-state index in [1.54, 1.807) is 0 Å². The van der Waals surface area contributed by atoms with Crippen LogP contribution in [-0.4, -0.2) is 65.7 Å². The smallest absolute Gasteiger partial charge is 0.251 e. The molecular weight excluding hydrogens is 797 g/mol. The van der Waals surface area contributed by atoms with E-state index in [4.69, 9.17) is 19.9 Å². The summed E-state index contributed by atoms with van der Waals surface area (Å²) in [5.41, 5.74) is 15.9. The Balaban J connectivity index is 0.000000151. The van der Waals surface area contributed by atoms with Gasteiger partial charge in [-0.1, -0.05) is 38.1 Å². The van der Waals surface area contributed by atoms with Crippen molar-refractivity contribution in [2.75, 3.05) is 23.7 Å². The second-order valence-corrected chi connectivity index (χ2v) is 18.6. The van der Waals surface area contributed by atoms with E-state index in [0.29, 0.717) is 29.1 Å². The average molecular weight is 853 g/mol. The standard InChI is InChI=1S/C26H27N5O.C26H29N5O/c1-15-11-21-22(12-16(15)2)31-23(14-28-25(31)24(30-21)27-13-17-3-4-17)18-5-7-19(8-6-18)26(32)29-20-9-10-20;1-15(2)13-27-24-25-28-14-23(31(25)22-12-17(4)16(3)11-21(22)30-24)18-5-7-19(8-6-18)26(32)29-20-9-10-20/h5-8,11-12,14,17,20H,3-4,9-10,13H2,1-2H3,(H,27,30)(H,29,32);5-8,11-12,14-15,20H,9-10,13H2,1-4H3,(H,27,30)(H,29,32). The first-order valence-electron chi connectivity index (χ1n) is 22.8. The van der Waals surface area contributed by atoms with Gasteiger partial charge >= 0.3 is 0 Å². The first-order valence-corrected chi connectivity index (χ1v) is 22.8. The van der Waals surface area contributed by atoms with Gasteiger partial charge in [-0.15, -0.1) is 0 Å². The minimum atomic E-state index is -0.00175. The van der Waals surface area contributed by atoms with E-state index in [2.05, 4.69) is 95.9 Å². The number of aryl methyl sites for hydroxylation is 4. The van der Waals surface area contributed by atoms with Crippen molar-refractivity contribution in [2.24, 2.45) is 11.8 Å². The van der Waals surface area contributed by atoms with Crippen LogP contribution in [0.4, 0.5) is 11.6 Å². The SMILES string of the molecule is Cc1cc2nc(NCC(C)C)c3ncc(-c4ccc(C(=O)NC5CC5)cc4)n3c2cc1C.Cc1cc2nc(NCC3CC3)c3ncc(-c4ccc(C(=O)NC5CC5)cc4)n3c2cc1C. The molecule has 12 heteroatoms. The highest BCUT2D eigenvalue weighted by Gasteiger charge is 2.26. The number of nitrogens with zero attached hydrogens (tertiary/aromatic N) is 6. The molecule has 326 valence electrons. The van der Waals surface area contributed by atoms with Crippen molar-refractivity contribution in [1.82, 2.24) is 39.4 Å². The lowest BCUT2D eigenvalue weighted by Gasteiger charge is -2.14. The third-order valence-electron chi connectivity index (χ3n) is 12.7. The second kappa shape index (κ2) is 16.7. The summed E-state index contributed by atoms with van der Waals surface area (Å²) >= 11 is 0. The van der Waals surface area contributed by atoms with Crippen LogP contribution >= 0.6 is 0 Å². The molecule has 3 aliphatic carbocycles. The average Bonchev–Trinajstić information content (AvgIpc) is 4.24. The summed E-state index contributed by atoms with van der Waals surface area (Å²) in [6, 6.07) is 25.0. The van der Waals surface area contributed by atoms with Gasteiger partial charge in [-0.2, -0.15) is 0 Å². The van der Waals surface area contributed by atoms with Crippen LogP contribution in [0.1, 0.15) is 95.3 Å². The summed E-state index contributed by atoms with van der Waals surface area (Å²) in [6.07, 6.45) is 10.7. The predicted octanol–water partition coefficient (Wildman–Crippen LogP) is 10.0. The molecule has 8 aromatic rings. The van der Waals surface area contributed by atoms with Gasteiger partial charge in [0.1, 0.15) is 0 Å². The molecule has 0 aliphatic heterocycles. The van der Waals surface area contributed by atoms with Crippen molar-refractivity contribution in [3.05, 3.63) is 119 Å². The maximum absolute atomic E-state index is 12.4. The van der Waals surface area contributed by atoms with Crippen LogP contribution in [0.3, 0.4) is 0 Å². The minimum absolute atomic E-state index is 0.00175. The molecule has 3 fully saturated rings. The monoisotopic (exact) mass is 852 g/mol. The molecule has 4 aromatic carbocycles. The van der Waals surface area contributed by atoms with Crippen LogP contribution in [0.5, 0.6) is 0 Å². The zero-order valence-electron chi connectivity index (χ0n) is 37.5. The van der Waals surface area contributed by atoms with E-state index >= 15 is 0 Å². The number of anilines is 2. The molecule has 3 aliphatic rings. The Morgan fingerprint density at radius 2 is 1.02 bits per heavy atom. The fourth-order valence-electron chi connectivity index (χ4n) is 8.06. The molecule has 4 aromatic heterocycles. The number of fused-ring (bicyclic) bond motifs is 6. The molecule has 0 saturated heterocycles. The maximum Gasteiger partial charge on any atom is 0.251 e. The van der Waals surface area contributed by atoms with Crippen LogP contribution in [0, 0.1) is 39.5 Å². The van der Waals surface area contributed by atoms with Gasteiger partial charge in [0.2, 0.25) is 0 Å². The molecule has 12 nitrogen and oxygen atoms in total. The first kappa shape index (κ1) is 41.2. The summed E-state index contributed by atoms with van der Waals surface area (Å²) < 4.78 is 4.37. The molecule has 0 atom stereocenters. The number of benzene rings is 4. The van der Waals surface area contributed by atoms with Crippen molar-refractivity contribution in [2.45, 2.75) is 92.2 Å². The predicted molar refractivity (Wildman–Crippen MR) is 256 cm³/mol. The fraction of sp³-hybridized carbons (Fsp3) is 0.346. The van der Waals surface area contributed by atoms with Crippen molar-refractivity contribution in [3.63, 3.8) is 0 Å². The van der Waals surface area contributed by atoms with E-state index in [-0.39, 0.29) is 11.8 Å². The van der Waals surface area contributed by atoms with E-state index in [9.17, 15) is 9.59 Å². The summed E-state index contributed by atoms with van der Waals surface area (Å²) in [6.45, 7) is 14.6. The number of amides is 2. The fourth-order valence-corrected chi connectivity index (χ4v) is 8.06. The normalized spacial score (nSPS) is 14.9. The molecule has 2 amide bonds. The molecule has 0 radical (unpaired) electrons. The lowest BCUT2D eigenvalue weighted by atomic mass is 10.1. The van der Waals surface area contributed by atoms with Gasteiger partial charge in [0.15, 0.2) is 22.9 Å². The van der Waals surface area contributed by atoms with Crippen LogP contribution in [0.25, 0.3) is 55.9 Å². The van der Waals surface area contributed by atoms with Gasteiger partial charge in [0, 0.05) is 47.4 Å². The van der Waals surface area contributed by atoms with E-state index in [1.807, 2.05) is 60.9 Å². The topological polar surface area (TPSA) is 143 Å². The molecule has 0 unspecified atom stereocenters. The van der Waals surface area contributed by atoms with Gasteiger partial charge in [-0.05, 0) is 149 Å². The van der Waals surface area contributed by atoms with Gasteiger partial charge in [0.05, 0.1) is 45.8 Å². The number of hydrogen-bond acceptors (Lipinski definition) is 8. The summed E-state index contributed by atoms with van der Waals surface area (Å²) in [5, 5.41) is 13.1. The largest absolute Gasteiger partial charge is 0.367 e. The lowest BCUT2D eigenvalue weighted by Crippen LogP contribution is -2.25. The zero-order valence-corrected chi connectivity index (χ0v) is 37.5. The lowest BCUT2D eigenvalue weighted by molar-refractivity contribution is 0.0942. The quantitative estimate of drug-likeness (QED) is 0.0952. The molecule has 0 spiro atoms. The van der Waals surface area contributed by atoms with Gasteiger partial charge < -0.3 is 21.3 Å². The number of imidazole rings is 2. The molecule has 4 heterocycles. The van der Waals surface area contributed by atoms with Crippen molar-refractivity contribution in [3.8, 4) is 22.5 Å². The molecule has 4 N–H and O–H groups in total. The van der Waals surface area contributed by atoms with Crippen molar-refractivity contribution >= 4 is 56.8 Å². The van der Waals surface area contributed by atoms with Gasteiger partial charge in [-0.3, -0.25) is 18.4 Å². The van der Waals surface area contributed by atoms with Gasteiger partial charge in [-0.25, -0.2) is 19.9 Å². The third-order valence-corrected chi connectivity index (χ3v) is 12.7. The highest BCUT2D eigenvalue weighted by atomic mass is 16.2. The van der Waals surface area contributed by atoms with Gasteiger partial charge in [0.25, 0.3) is 11.8 Å². The zero-order chi connectivity index (χ0) is 44.2. The second-order valence-electron chi connectivity index (χ2n) is 18.6. The van der Waals surface area contributed by atoms with E-state index in [0.717, 1.165) is 112 Å². The number of rotatable bonds is 12. The Labute approximate surface area is 373 Å². The van der Waals surface area contributed by atoms with E-state index in [1.165, 1.54) is 35.1 Å². The number of carbonyl (C=O) groups excluding carboxylic acids is 2. The molecular formula is C52H56N10O2. The minimum Gasteiger partial charge on any atom is -0.367 e. The summed E-state index contributed by atoms with van der Waals surface area (Å²) in [7, 11) is 0. The van der Waals surface area contributed by atoms with Crippen molar-refractivity contribution < 1.29 is 9.59 Å². The van der Waals surface area contributed by atoms with Crippen LogP contribution in [-0.2, 0) is 0 Å². The Bertz CT molecular complexity index is 2880. The molecule has 64 heavy (non-hydrogen) atoms. The Kier molecular flexibility index (Phi) is 10.8. The van der Waals surface area contributed by atoms with Crippen LogP contribution in [0.15, 0.2) is 85.2 Å². The first-order chi connectivity index (χ1) is 31.0. The highest BCUT2D eigenvalue weighted by Crippen LogP contribution is 2.34. The molecule has 0 bridgehead atoms. The number of nitrogens with one attached hydrogen (secondary N) is 4. The summed E-state index contributed by atoms with van der Waals surface area (Å²) in [4.78, 5) is 44.1. The highest BCUT2D eigenvalue weighted by molar-refractivity contribution is 5.96. The molecule has 11 rings (SSSR count). The Morgan fingerprint density at radius 3 is 1.42 bits per heavy atom. The third kappa shape index (κ3) is 8.48. The number of carbonyl (C=O) groups is 2. The number of hydrogen-bond donors (Lipinski definition) is 4. The Morgan fingerprint density at radius 1 is 0.594 bits per heavy atom. The number of aromatic nitrogens is 6.